The van der Waals surface area contributed by atoms with Crippen LogP contribution in [0.1, 0.15) is 25.5 Å². The van der Waals surface area contributed by atoms with Crippen LogP contribution in [0.2, 0.25) is 0 Å². The summed E-state index contributed by atoms with van der Waals surface area (Å²) in [7, 11) is 0. The summed E-state index contributed by atoms with van der Waals surface area (Å²) in [4.78, 5) is 9.27. The average Bonchev–Trinajstić information content (AvgIpc) is 2.85. The zero-order valence-electron chi connectivity index (χ0n) is 12.0. The van der Waals surface area contributed by atoms with E-state index in [1.807, 2.05) is 30.5 Å². The molecule has 1 aromatic carbocycles. The predicted molar refractivity (Wildman–Crippen MR) is 88.9 cm³/mol. The number of rotatable bonds is 3. The zero-order chi connectivity index (χ0) is 15.0. The SMILES string of the molecule is CC(C)n1c(-c2ccc(CN)cn2)nc2cc(Br)ccc21. The van der Waals surface area contributed by atoms with Gasteiger partial charge in [-0.1, -0.05) is 22.0 Å². The quantitative estimate of drug-likeness (QED) is 0.783. The van der Waals surface area contributed by atoms with Gasteiger partial charge in [0.05, 0.1) is 11.0 Å². The van der Waals surface area contributed by atoms with Gasteiger partial charge in [-0.3, -0.25) is 4.98 Å². The first kappa shape index (κ1) is 14.2. The number of pyridine rings is 1. The third-order valence-corrected chi connectivity index (χ3v) is 3.95. The number of halogens is 1. The Bertz CT molecular complexity index is 775. The lowest BCUT2D eigenvalue weighted by Gasteiger charge is -2.12. The third kappa shape index (κ3) is 2.59. The van der Waals surface area contributed by atoms with E-state index in [1.165, 1.54) is 0 Å². The molecule has 0 unspecified atom stereocenters. The summed E-state index contributed by atoms with van der Waals surface area (Å²) in [5, 5.41) is 0. The summed E-state index contributed by atoms with van der Waals surface area (Å²) >= 11 is 3.50. The molecule has 4 nitrogen and oxygen atoms in total. The van der Waals surface area contributed by atoms with Crippen molar-refractivity contribution < 1.29 is 0 Å². The molecule has 0 aliphatic carbocycles. The Morgan fingerprint density at radius 2 is 2.05 bits per heavy atom. The molecule has 2 aromatic heterocycles. The van der Waals surface area contributed by atoms with Gasteiger partial charge >= 0.3 is 0 Å². The van der Waals surface area contributed by atoms with Crippen molar-refractivity contribution in [2.45, 2.75) is 26.4 Å². The molecule has 3 rings (SSSR count). The maximum absolute atomic E-state index is 5.63. The molecule has 0 saturated carbocycles. The summed E-state index contributed by atoms with van der Waals surface area (Å²) in [5.41, 5.74) is 9.61. The van der Waals surface area contributed by atoms with Crippen molar-refractivity contribution in [3.8, 4) is 11.5 Å². The van der Waals surface area contributed by atoms with E-state index in [0.29, 0.717) is 12.6 Å². The Morgan fingerprint density at radius 3 is 2.67 bits per heavy atom. The van der Waals surface area contributed by atoms with Crippen LogP contribution < -0.4 is 5.73 Å². The van der Waals surface area contributed by atoms with Crippen LogP contribution in [0, 0.1) is 0 Å². The highest BCUT2D eigenvalue weighted by atomic mass is 79.9. The van der Waals surface area contributed by atoms with E-state index in [1.54, 1.807) is 0 Å². The van der Waals surface area contributed by atoms with Gasteiger partial charge in [0.25, 0.3) is 0 Å². The highest BCUT2D eigenvalue weighted by Crippen LogP contribution is 2.29. The van der Waals surface area contributed by atoms with E-state index in [2.05, 4.69) is 45.4 Å². The van der Waals surface area contributed by atoms with E-state index in [0.717, 1.165) is 32.6 Å². The van der Waals surface area contributed by atoms with Crippen molar-refractivity contribution >= 4 is 27.0 Å². The van der Waals surface area contributed by atoms with Crippen LogP contribution in [0.25, 0.3) is 22.6 Å². The van der Waals surface area contributed by atoms with Crippen molar-refractivity contribution in [2.24, 2.45) is 5.73 Å². The smallest absolute Gasteiger partial charge is 0.160 e. The predicted octanol–water partition coefficient (Wildman–Crippen LogP) is 3.90. The highest BCUT2D eigenvalue weighted by molar-refractivity contribution is 9.10. The number of nitrogens with two attached hydrogens (primary N) is 1. The van der Waals surface area contributed by atoms with Gasteiger partial charge in [-0.2, -0.15) is 0 Å². The molecule has 0 amide bonds. The van der Waals surface area contributed by atoms with Gasteiger partial charge in [0, 0.05) is 23.3 Å². The molecular weight excluding hydrogens is 328 g/mol. The summed E-state index contributed by atoms with van der Waals surface area (Å²) in [6, 6.07) is 10.5. The molecule has 0 fully saturated rings. The number of aromatic nitrogens is 3. The molecule has 0 spiro atoms. The summed E-state index contributed by atoms with van der Waals surface area (Å²) in [6.45, 7) is 4.81. The molecule has 108 valence electrons. The first-order valence-electron chi connectivity index (χ1n) is 6.93. The lowest BCUT2D eigenvalue weighted by molar-refractivity contribution is 0.623. The van der Waals surface area contributed by atoms with Gasteiger partial charge in [0.2, 0.25) is 0 Å². The number of fused-ring (bicyclic) bond motifs is 1. The fraction of sp³-hybridized carbons (Fsp3) is 0.250. The lowest BCUT2D eigenvalue weighted by atomic mass is 10.2. The van der Waals surface area contributed by atoms with Crippen molar-refractivity contribution in [3.63, 3.8) is 0 Å². The van der Waals surface area contributed by atoms with E-state index < -0.39 is 0 Å². The number of benzene rings is 1. The average molecular weight is 345 g/mol. The van der Waals surface area contributed by atoms with Gasteiger partial charge in [-0.15, -0.1) is 0 Å². The molecule has 2 N–H and O–H groups in total. The minimum Gasteiger partial charge on any atom is -0.326 e. The second-order valence-corrected chi connectivity index (χ2v) is 6.20. The van der Waals surface area contributed by atoms with Crippen LogP contribution >= 0.6 is 15.9 Å². The first-order chi connectivity index (χ1) is 10.1. The second kappa shape index (κ2) is 5.58. The zero-order valence-corrected chi connectivity index (χ0v) is 13.6. The van der Waals surface area contributed by atoms with Gasteiger partial charge in [0.1, 0.15) is 5.69 Å². The molecular formula is C16H17BrN4. The van der Waals surface area contributed by atoms with Crippen LogP contribution in [0.15, 0.2) is 41.0 Å². The molecule has 0 bridgehead atoms. The molecule has 0 aliphatic rings. The molecule has 0 radical (unpaired) electrons. The molecule has 21 heavy (non-hydrogen) atoms. The van der Waals surface area contributed by atoms with Crippen LogP contribution in [0.4, 0.5) is 0 Å². The van der Waals surface area contributed by atoms with Gasteiger partial charge in [-0.05, 0) is 43.7 Å². The highest BCUT2D eigenvalue weighted by Gasteiger charge is 2.15. The Kier molecular flexibility index (Phi) is 3.78. The van der Waals surface area contributed by atoms with Crippen LogP contribution in [0.3, 0.4) is 0 Å². The molecule has 0 atom stereocenters. The fourth-order valence-corrected chi connectivity index (χ4v) is 2.80. The summed E-state index contributed by atoms with van der Waals surface area (Å²) in [5.74, 6) is 0.890. The van der Waals surface area contributed by atoms with Crippen LogP contribution in [0.5, 0.6) is 0 Å². The van der Waals surface area contributed by atoms with Crippen molar-refractivity contribution in [2.75, 3.05) is 0 Å². The molecule has 5 heteroatoms. The molecule has 0 saturated heterocycles. The van der Waals surface area contributed by atoms with E-state index in [-0.39, 0.29) is 0 Å². The first-order valence-corrected chi connectivity index (χ1v) is 7.72. The number of nitrogens with zero attached hydrogens (tertiary/aromatic N) is 3. The van der Waals surface area contributed by atoms with Crippen molar-refractivity contribution in [1.29, 1.82) is 0 Å². The Balaban J connectivity index is 2.22. The Hall–Kier alpha value is -1.72. The Morgan fingerprint density at radius 1 is 1.24 bits per heavy atom. The topological polar surface area (TPSA) is 56.7 Å². The monoisotopic (exact) mass is 344 g/mol. The molecule has 2 heterocycles. The lowest BCUT2D eigenvalue weighted by Crippen LogP contribution is -2.04. The van der Waals surface area contributed by atoms with Crippen molar-refractivity contribution in [1.82, 2.24) is 14.5 Å². The second-order valence-electron chi connectivity index (χ2n) is 5.29. The van der Waals surface area contributed by atoms with Crippen molar-refractivity contribution in [3.05, 3.63) is 46.6 Å². The van der Waals surface area contributed by atoms with Gasteiger partial charge in [-0.25, -0.2) is 4.98 Å². The Labute approximate surface area is 132 Å². The van der Waals surface area contributed by atoms with Crippen LogP contribution in [-0.2, 0) is 6.54 Å². The number of hydrogen-bond acceptors (Lipinski definition) is 3. The number of hydrogen-bond donors (Lipinski definition) is 1. The largest absolute Gasteiger partial charge is 0.326 e. The van der Waals surface area contributed by atoms with E-state index in [4.69, 9.17) is 10.7 Å². The van der Waals surface area contributed by atoms with Gasteiger partial charge in [0.15, 0.2) is 5.82 Å². The van der Waals surface area contributed by atoms with E-state index in [9.17, 15) is 0 Å². The number of imidazole rings is 1. The summed E-state index contributed by atoms with van der Waals surface area (Å²) < 4.78 is 3.24. The third-order valence-electron chi connectivity index (χ3n) is 3.46. The fourth-order valence-electron chi connectivity index (χ4n) is 2.45. The van der Waals surface area contributed by atoms with Gasteiger partial charge < -0.3 is 10.3 Å². The maximum atomic E-state index is 5.63. The standard InChI is InChI=1S/C16H17BrN4/c1-10(2)21-15-6-4-12(17)7-14(15)20-16(21)13-5-3-11(8-18)9-19-13/h3-7,9-10H,8,18H2,1-2H3. The molecule has 0 aliphatic heterocycles. The minimum absolute atomic E-state index is 0.308. The van der Waals surface area contributed by atoms with Crippen LogP contribution in [-0.4, -0.2) is 14.5 Å². The maximum Gasteiger partial charge on any atom is 0.160 e. The summed E-state index contributed by atoms with van der Waals surface area (Å²) in [6.07, 6.45) is 1.81. The van der Waals surface area contributed by atoms with E-state index >= 15 is 0 Å². The molecule has 3 aromatic rings. The minimum atomic E-state index is 0.308. The normalized spacial score (nSPS) is 11.5.